The van der Waals surface area contributed by atoms with Crippen molar-refractivity contribution in [2.75, 3.05) is 12.0 Å². The van der Waals surface area contributed by atoms with Gasteiger partial charge in [-0.05, 0) is 54.8 Å². The summed E-state index contributed by atoms with van der Waals surface area (Å²) in [5.74, 6) is -1.27. The minimum absolute atomic E-state index is 0.0539. The molecule has 0 bridgehead atoms. The molecule has 1 amide bonds. The number of imidazole rings is 1. The Labute approximate surface area is 195 Å². The van der Waals surface area contributed by atoms with E-state index in [0.29, 0.717) is 22.4 Å². The van der Waals surface area contributed by atoms with E-state index in [0.717, 1.165) is 16.6 Å². The number of Topliss-reactive ketones (excluding diaryl/α,β-unsaturated/α-hetero) is 1. The molecule has 1 aliphatic heterocycles. The third-order valence-electron chi connectivity index (χ3n) is 5.93. The Kier molecular flexibility index (Phi) is 5.13. The number of rotatable bonds is 4. The zero-order valence-electron chi connectivity index (χ0n) is 18.9. The minimum atomic E-state index is -0.931. The van der Waals surface area contributed by atoms with E-state index in [1.54, 1.807) is 30.6 Å². The highest BCUT2D eigenvalue weighted by molar-refractivity contribution is 6.51. The lowest BCUT2D eigenvalue weighted by Crippen LogP contribution is -2.30. The van der Waals surface area contributed by atoms with Gasteiger partial charge in [-0.25, -0.2) is 4.98 Å². The quantitative estimate of drug-likeness (QED) is 0.272. The van der Waals surface area contributed by atoms with Gasteiger partial charge in [0.2, 0.25) is 5.95 Å². The van der Waals surface area contributed by atoms with Crippen LogP contribution in [0.2, 0.25) is 0 Å². The van der Waals surface area contributed by atoms with Crippen LogP contribution in [0, 0.1) is 13.8 Å². The number of aromatic nitrogens is 3. The molecule has 3 heterocycles. The van der Waals surface area contributed by atoms with Gasteiger partial charge in [-0.15, -0.1) is 0 Å². The molecule has 8 nitrogen and oxygen atoms in total. The fraction of sp³-hybridized carbons (Fsp3) is 0.154. The van der Waals surface area contributed by atoms with Crippen LogP contribution in [0.3, 0.4) is 0 Å². The first-order valence-corrected chi connectivity index (χ1v) is 10.7. The number of amides is 1. The maximum absolute atomic E-state index is 13.4. The largest absolute Gasteiger partial charge is 0.507 e. The van der Waals surface area contributed by atoms with E-state index in [1.165, 1.54) is 12.0 Å². The smallest absolute Gasteiger partial charge is 0.302 e. The molecule has 1 unspecified atom stereocenters. The predicted octanol–water partition coefficient (Wildman–Crippen LogP) is 4.21. The summed E-state index contributed by atoms with van der Waals surface area (Å²) in [6, 6.07) is 13.5. The van der Waals surface area contributed by atoms with E-state index in [-0.39, 0.29) is 17.3 Å². The lowest BCUT2D eigenvalue weighted by molar-refractivity contribution is -0.132. The van der Waals surface area contributed by atoms with E-state index < -0.39 is 17.7 Å². The highest BCUT2D eigenvalue weighted by Gasteiger charge is 2.48. The van der Waals surface area contributed by atoms with Crippen molar-refractivity contribution in [1.29, 1.82) is 0 Å². The number of pyridine rings is 1. The van der Waals surface area contributed by atoms with Gasteiger partial charge in [0, 0.05) is 12.4 Å². The molecule has 2 aromatic heterocycles. The van der Waals surface area contributed by atoms with Crippen LogP contribution in [0.5, 0.6) is 5.75 Å². The van der Waals surface area contributed by atoms with Crippen molar-refractivity contribution in [1.82, 2.24) is 15.0 Å². The van der Waals surface area contributed by atoms with Crippen LogP contribution in [-0.2, 0) is 9.59 Å². The molecule has 1 fully saturated rings. The lowest BCUT2D eigenvalue weighted by atomic mass is 9.94. The van der Waals surface area contributed by atoms with E-state index in [2.05, 4.69) is 15.0 Å². The Hall–Kier alpha value is -4.46. The fourth-order valence-electron chi connectivity index (χ4n) is 4.50. The topological polar surface area (TPSA) is 108 Å². The van der Waals surface area contributed by atoms with Crippen molar-refractivity contribution in [2.45, 2.75) is 19.9 Å². The van der Waals surface area contributed by atoms with E-state index in [4.69, 9.17) is 4.74 Å². The number of para-hydroxylation sites is 2. The number of ether oxygens (including phenoxy) is 1. The second-order valence-corrected chi connectivity index (χ2v) is 8.20. The highest BCUT2D eigenvalue weighted by Crippen LogP contribution is 2.43. The van der Waals surface area contributed by atoms with Gasteiger partial charge in [-0.3, -0.25) is 19.5 Å². The number of aliphatic hydroxyl groups is 1. The van der Waals surface area contributed by atoms with Gasteiger partial charge in [0.25, 0.3) is 5.78 Å². The average Bonchev–Trinajstić information content (AvgIpc) is 3.37. The lowest BCUT2D eigenvalue weighted by Gasteiger charge is -2.23. The molecule has 5 rings (SSSR count). The fourth-order valence-corrected chi connectivity index (χ4v) is 4.50. The van der Waals surface area contributed by atoms with E-state index >= 15 is 0 Å². The molecule has 2 aromatic carbocycles. The first-order valence-electron chi connectivity index (χ1n) is 10.7. The Morgan fingerprint density at radius 1 is 1.12 bits per heavy atom. The van der Waals surface area contributed by atoms with Gasteiger partial charge in [-0.2, -0.15) is 0 Å². The summed E-state index contributed by atoms with van der Waals surface area (Å²) in [6.07, 6.45) is 3.17. The van der Waals surface area contributed by atoms with Crippen LogP contribution in [0.1, 0.15) is 28.3 Å². The molecule has 1 saturated heterocycles. The summed E-state index contributed by atoms with van der Waals surface area (Å²) in [5, 5.41) is 11.5. The molecule has 1 atom stereocenters. The number of anilines is 1. The zero-order valence-corrected chi connectivity index (χ0v) is 18.9. The standard InChI is InChI=1S/C26H22N4O4/c1-14-11-15(2)24(34-3)17(12-14)22(31)20-21(16-7-6-10-27-13-16)30(25(33)23(20)32)26-28-18-8-4-5-9-19(18)29-26/h4-13,21,31H,1-3H3,(H,28,29)/b22-20+. The summed E-state index contributed by atoms with van der Waals surface area (Å²) in [6.45, 7) is 3.74. The van der Waals surface area contributed by atoms with Gasteiger partial charge in [-0.1, -0.05) is 24.3 Å². The monoisotopic (exact) mass is 454 g/mol. The van der Waals surface area contributed by atoms with Gasteiger partial charge in [0.05, 0.1) is 35.3 Å². The van der Waals surface area contributed by atoms with E-state index in [1.807, 2.05) is 44.2 Å². The molecule has 0 aliphatic carbocycles. The maximum atomic E-state index is 13.4. The highest BCUT2D eigenvalue weighted by atomic mass is 16.5. The van der Waals surface area contributed by atoms with Crippen LogP contribution in [-0.4, -0.2) is 38.9 Å². The molecule has 0 saturated carbocycles. The number of hydrogen-bond acceptors (Lipinski definition) is 6. The van der Waals surface area contributed by atoms with Crippen LogP contribution in [0.4, 0.5) is 5.95 Å². The number of hydrogen-bond donors (Lipinski definition) is 2. The number of aliphatic hydroxyl groups excluding tert-OH is 1. The van der Waals surface area contributed by atoms with Gasteiger partial charge >= 0.3 is 5.91 Å². The molecular weight excluding hydrogens is 432 g/mol. The number of carbonyl (C=O) groups is 2. The van der Waals surface area contributed by atoms with Crippen LogP contribution < -0.4 is 9.64 Å². The zero-order chi connectivity index (χ0) is 24.0. The number of H-pyrrole nitrogens is 1. The predicted molar refractivity (Wildman–Crippen MR) is 128 cm³/mol. The molecule has 2 N–H and O–H groups in total. The van der Waals surface area contributed by atoms with Gasteiger partial charge in [0.1, 0.15) is 11.5 Å². The van der Waals surface area contributed by atoms with Crippen molar-refractivity contribution < 1.29 is 19.4 Å². The molecule has 34 heavy (non-hydrogen) atoms. The van der Waals surface area contributed by atoms with Crippen LogP contribution in [0.25, 0.3) is 16.8 Å². The first kappa shape index (κ1) is 21.4. The number of aromatic amines is 1. The third-order valence-corrected chi connectivity index (χ3v) is 5.93. The minimum Gasteiger partial charge on any atom is -0.507 e. The Morgan fingerprint density at radius 3 is 2.62 bits per heavy atom. The molecule has 170 valence electrons. The summed E-state index contributed by atoms with van der Waals surface area (Å²) in [7, 11) is 1.50. The summed E-state index contributed by atoms with van der Waals surface area (Å²) in [4.78, 5) is 39.8. The molecule has 0 radical (unpaired) electrons. The summed E-state index contributed by atoms with van der Waals surface area (Å²) >= 11 is 0. The number of benzene rings is 2. The van der Waals surface area contributed by atoms with E-state index in [9.17, 15) is 14.7 Å². The van der Waals surface area contributed by atoms with Crippen molar-refractivity contribution in [3.63, 3.8) is 0 Å². The SMILES string of the molecule is COc1c(C)cc(C)cc1/C(O)=C1\C(=O)C(=O)N(c2nc3ccccc3[nH]2)C1c1cccnc1. The molecule has 1 aliphatic rings. The third kappa shape index (κ3) is 3.31. The number of aryl methyl sites for hydroxylation is 2. The Morgan fingerprint density at radius 2 is 1.91 bits per heavy atom. The Balaban J connectivity index is 1.77. The summed E-state index contributed by atoms with van der Waals surface area (Å²) < 4.78 is 5.53. The first-order chi connectivity index (χ1) is 16.4. The second-order valence-electron chi connectivity index (χ2n) is 8.20. The van der Waals surface area contributed by atoms with Crippen molar-refractivity contribution in [2.24, 2.45) is 0 Å². The summed E-state index contributed by atoms with van der Waals surface area (Å²) in [5.41, 5.74) is 3.91. The maximum Gasteiger partial charge on any atom is 0.302 e. The molecule has 8 heteroatoms. The van der Waals surface area contributed by atoms with Gasteiger partial charge in [0.15, 0.2) is 0 Å². The molecular formula is C26H22N4O4. The number of fused-ring (bicyclic) bond motifs is 1. The second kappa shape index (κ2) is 8.15. The number of nitrogens with one attached hydrogen (secondary N) is 1. The Bertz CT molecular complexity index is 1440. The number of ketones is 1. The molecule has 4 aromatic rings. The number of methoxy groups -OCH3 is 1. The molecule has 0 spiro atoms. The van der Waals surface area contributed by atoms with Crippen LogP contribution in [0.15, 0.2) is 66.5 Å². The normalized spacial score (nSPS) is 17.5. The van der Waals surface area contributed by atoms with Crippen LogP contribution >= 0.6 is 0 Å². The number of carbonyl (C=O) groups excluding carboxylic acids is 2. The number of nitrogens with zero attached hydrogens (tertiary/aromatic N) is 3. The van der Waals surface area contributed by atoms with Gasteiger partial charge < -0.3 is 14.8 Å². The van der Waals surface area contributed by atoms with Crippen molar-refractivity contribution >= 4 is 34.4 Å². The van der Waals surface area contributed by atoms with Crippen molar-refractivity contribution in [3.8, 4) is 5.75 Å². The van der Waals surface area contributed by atoms with Crippen molar-refractivity contribution in [3.05, 3.63) is 88.8 Å². The average molecular weight is 454 g/mol.